The maximum absolute atomic E-state index is 10.3. The van der Waals surface area contributed by atoms with Crippen molar-refractivity contribution in [2.75, 3.05) is 40.3 Å². The molecule has 0 heterocycles. The molecule has 0 aromatic heterocycles. The zero-order valence-corrected chi connectivity index (χ0v) is 11.2. The first-order valence-corrected chi connectivity index (χ1v) is 6.78. The first-order valence-electron chi connectivity index (χ1n) is 5.04. The number of quaternary nitrogens is 1. The Morgan fingerprint density at radius 3 is 2.38 bits per heavy atom. The third-order valence-corrected chi connectivity index (χ3v) is 2.83. The lowest BCUT2D eigenvalue weighted by Crippen LogP contribution is -2.42. The first-order chi connectivity index (χ1) is 7.27. The molecule has 0 saturated carbocycles. The Labute approximate surface area is 102 Å². The second kappa shape index (κ2) is 7.41. The van der Waals surface area contributed by atoms with E-state index in [4.69, 9.17) is 16.3 Å². The summed E-state index contributed by atoms with van der Waals surface area (Å²) in [6.45, 7) is 2.46. The van der Waals surface area contributed by atoms with E-state index >= 15 is 0 Å². The Morgan fingerprint density at radius 2 is 1.88 bits per heavy atom. The normalized spacial score (nSPS) is 13.0. The molecule has 0 unspecified atom stereocenters. The molecule has 0 amide bonds. The number of nitrogens with zero attached hydrogens (tertiary/aromatic N) is 1. The van der Waals surface area contributed by atoms with Crippen molar-refractivity contribution in [2.24, 2.45) is 0 Å². The molecule has 0 aliphatic rings. The summed E-state index contributed by atoms with van der Waals surface area (Å²) in [5, 5.41) is 0. The van der Waals surface area contributed by atoms with Gasteiger partial charge in [0.1, 0.15) is 0 Å². The fraction of sp³-hybridized carbons (Fsp3) is 1.00. The average Bonchev–Trinajstić information content (AvgIpc) is 2.11. The van der Waals surface area contributed by atoms with E-state index in [0.29, 0.717) is 6.42 Å². The standard InChI is InChI=1S/C8H19ClN2O4S/c1-11(2,6-3-5-10-9)7-4-8-15-16(12,13)14/h10H,3-8H2,1-2H3/p+1. The van der Waals surface area contributed by atoms with Gasteiger partial charge in [0.25, 0.3) is 0 Å². The minimum absolute atomic E-state index is 0.00820. The van der Waals surface area contributed by atoms with Crippen molar-refractivity contribution in [1.29, 1.82) is 0 Å². The third-order valence-electron chi connectivity index (χ3n) is 2.17. The van der Waals surface area contributed by atoms with Crippen LogP contribution in [-0.2, 0) is 14.6 Å². The molecule has 0 aliphatic carbocycles. The van der Waals surface area contributed by atoms with Crippen molar-refractivity contribution in [3.63, 3.8) is 0 Å². The summed E-state index contributed by atoms with van der Waals surface area (Å²) in [6, 6.07) is 0. The second-order valence-corrected chi connectivity index (χ2v) is 5.58. The topological polar surface area (TPSA) is 75.6 Å². The van der Waals surface area contributed by atoms with Crippen LogP contribution in [0.2, 0.25) is 0 Å². The van der Waals surface area contributed by atoms with E-state index in [1.807, 2.05) is 14.1 Å². The van der Waals surface area contributed by atoms with Crippen LogP contribution < -0.4 is 4.84 Å². The van der Waals surface area contributed by atoms with Crippen molar-refractivity contribution < 1.29 is 21.6 Å². The van der Waals surface area contributed by atoms with Gasteiger partial charge in [-0.2, -0.15) is 8.42 Å². The van der Waals surface area contributed by atoms with Crippen molar-refractivity contribution in [3.8, 4) is 0 Å². The SMILES string of the molecule is C[N+](C)(CCCNCl)CCCOS(=O)(=O)O. The zero-order chi connectivity index (χ0) is 12.7. The fourth-order valence-electron chi connectivity index (χ4n) is 1.34. The molecular formula is C8H20ClN2O4S+. The number of halogens is 1. The maximum atomic E-state index is 10.3. The molecule has 0 bridgehead atoms. The molecule has 0 radical (unpaired) electrons. The molecule has 0 aromatic carbocycles. The van der Waals surface area contributed by atoms with E-state index in [9.17, 15) is 8.42 Å². The van der Waals surface area contributed by atoms with E-state index < -0.39 is 10.4 Å². The summed E-state index contributed by atoms with van der Waals surface area (Å²) in [5.74, 6) is 0. The van der Waals surface area contributed by atoms with Gasteiger partial charge in [0.2, 0.25) is 0 Å². The van der Waals surface area contributed by atoms with E-state index in [0.717, 1.165) is 30.5 Å². The first kappa shape index (κ1) is 16.1. The monoisotopic (exact) mass is 275 g/mol. The number of nitrogens with one attached hydrogen (secondary N) is 1. The summed E-state index contributed by atoms with van der Waals surface area (Å²) < 4.78 is 33.9. The number of hydrogen-bond acceptors (Lipinski definition) is 4. The largest absolute Gasteiger partial charge is 0.397 e. The molecule has 6 nitrogen and oxygen atoms in total. The van der Waals surface area contributed by atoms with Crippen LogP contribution in [0.1, 0.15) is 12.8 Å². The average molecular weight is 276 g/mol. The van der Waals surface area contributed by atoms with E-state index in [2.05, 4.69) is 9.02 Å². The fourth-order valence-corrected chi connectivity index (χ4v) is 1.80. The number of rotatable bonds is 9. The Morgan fingerprint density at radius 1 is 1.31 bits per heavy atom. The minimum atomic E-state index is -4.30. The molecule has 0 rings (SSSR count). The van der Waals surface area contributed by atoms with Gasteiger partial charge in [-0.3, -0.25) is 4.55 Å². The van der Waals surface area contributed by atoms with E-state index in [-0.39, 0.29) is 6.61 Å². The highest BCUT2D eigenvalue weighted by Gasteiger charge is 2.14. The highest BCUT2D eigenvalue weighted by atomic mass is 35.5. The van der Waals surface area contributed by atoms with Gasteiger partial charge < -0.3 is 4.48 Å². The Kier molecular flexibility index (Phi) is 7.45. The van der Waals surface area contributed by atoms with Gasteiger partial charge in [0.15, 0.2) is 0 Å². The van der Waals surface area contributed by atoms with Crippen LogP contribution in [-0.4, -0.2) is 57.8 Å². The minimum Gasteiger partial charge on any atom is -0.328 e. The van der Waals surface area contributed by atoms with Crippen molar-refractivity contribution >= 4 is 22.2 Å². The number of hydrogen-bond donors (Lipinski definition) is 2. The Bertz CT molecular complexity index is 282. The molecule has 0 fully saturated rings. The lowest BCUT2D eigenvalue weighted by molar-refractivity contribution is -0.890. The van der Waals surface area contributed by atoms with Gasteiger partial charge in [-0.25, -0.2) is 9.02 Å². The lowest BCUT2D eigenvalue weighted by atomic mass is 10.3. The van der Waals surface area contributed by atoms with Crippen LogP contribution in [0.25, 0.3) is 0 Å². The predicted molar refractivity (Wildman–Crippen MR) is 62.4 cm³/mol. The summed E-state index contributed by atoms with van der Waals surface area (Å²) >= 11 is 5.34. The van der Waals surface area contributed by atoms with Crippen LogP contribution >= 0.6 is 11.8 Å². The molecule has 0 atom stereocenters. The van der Waals surface area contributed by atoms with Gasteiger partial charge >= 0.3 is 10.4 Å². The van der Waals surface area contributed by atoms with Gasteiger partial charge in [0.05, 0.1) is 33.8 Å². The van der Waals surface area contributed by atoms with E-state index in [1.54, 1.807) is 0 Å². The smallest absolute Gasteiger partial charge is 0.328 e. The summed E-state index contributed by atoms with van der Waals surface area (Å²) in [5.41, 5.74) is 0. The van der Waals surface area contributed by atoms with Crippen molar-refractivity contribution in [2.45, 2.75) is 12.8 Å². The summed E-state index contributed by atoms with van der Waals surface area (Å²) in [4.78, 5) is 2.55. The van der Waals surface area contributed by atoms with Gasteiger partial charge in [-0.1, -0.05) is 0 Å². The lowest BCUT2D eigenvalue weighted by Gasteiger charge is -2.29. The highest BCUT2D eigenvalue weighted by Crippen LogP contribution is 2.02. The quantitative estimate of drug-likeness (QED) is 0.276. The molecule has 0 saturated heterocycles. The van der Waals surface area contributed by atoms with Gasteiger partial charge in [-0.05, 0) is 11.8 Å². The molecule has 16 heavy (non-hydrogen) atoms. The van der Waals surface area contributed by atoms with Gasteiger partial charge in [0, 0.05) is 19.4 Å². The molecule has 0 spiro atoms. The molecule has 0 aliphatic heterocycles. The van der Waals surface area contributed by atoms with E-state index in [1.165, 1.54) is 0 Å². The van der Waals surface area contributed by atoms with Crippen molar-refractivity contribution in [3.05, 3.63) is 0 Å². The predicted octanol–water partition coefficient (Wildman–Crippen LogP) is 0.406. The molecule has 8 heteroatoms. The Hall–Kier alpha value is 0.0800. The molecule has 98 valence electrons. The van der Waals surface area contributed by atoms with Crippen LogP contribution in [0.15, 0.2) is 0 Å². The van der Waals surface area contributed by atoms with Gasteiger partial charge in [-0.15, -0.1) is 0 Å². The molecular weight excluding hydrogens is 256 g/mol. The van der Waals surface area contributed by atoms with Crippen molar-refractivity contribution in [1.82, 2.24) is 4.84 Å². The zero-order valence-electron chi connectivity index (χ0n) is 9.65. The third kappa shape index (κ3) is 10.6. The summed E-state index contributed by atoms with van der Waals surface area (Å²) in [6.07, 6.45) is 1.51. The summed E-state index contributed by atoms with van der Waals surface area (Å²) in [7, 11) is -0.210. The molecule has 0 aromatic rings. The second-order valence-electron chi connectivity index (χ2n) is 4.22. The van der Waals surface area contributed by atoms with Crippen LogP contribution in [0.3, 0.4) is 0 Å². The maximum Gasteiger partial charge on any atom is 0.397 e. The molecule has 2 N–H and O–H groups in total. The highest BCUT2D eigenvalue weighted by molar-refractivity contribution is 7.80. The van der Waals surface area contributed by atoms with Crippen LogP contribution in [0.4, 0.5) is 0 Å². The van der Waals surface area contributed by atoms with Crippen LogP contribution in [0, 0.1) is 0 Å². The Balaban J connectivity index is 3.65. The van der Waals surface area contributed by atoms with Crippen LogP contribution in [0.5, 0.6) is 0 Å².